The van der Waals surface area contributed by atoms with Crippen molar-refractivity contribution in [2.75, 3.05) is 9.80 Å². The fourth-order valence-electron chi connectivity index (χ4n) is 15.1. The molecule has 412 valence electrons. The lowest BCUT2D eigenvalue weighted by Crippen LogP contribution is -2.61. The van der Waals surface area contributed by atoms with Crippen LogP contribution in [0.15, 0.2) is 156 Å². The molecule has 0 N–H and O–H groups in total. The second-order valence-corrected chi connectivity index (χ2v) is 30.1. The molecule has 81 heavy (non-hydrogen) atoms. The second kappa shape index (κ2) is 18.4. The zero-order chi connectivity index (χ0) is 57.0. The third kappa shape index (κ3) is 8.73. The molecule has 0 saturated heterocycles. The van der Waals surface area contributed by atoms with Crippen LogP contribution in [0.5, 0.6) is 0 Å². The van der Waals surface area contributed by atoms with Crippen molar-refractivity contribution in [2.45, 2.75) is 187 Å². The first kappa shape index (κ1) is 53.5. The van der Waals surface area contributed by atoms with Crippen molar-refractivity contribution >= 4 is 69.1 Å². The molecule has 0 amide bonds. The fraction of sp³-hybridized carbons (Fsp3) is 0.377. The number of nitrogens with zero attached hydrogens (tertiary/aromatic N) is 2. The molecule has 0 unspecified atom stereocenters. The van der Waals surface area contributed by atoms with Crippen LogP contribution in [0, 0.1) is 0 Å². The number of benzene rings is 7. The van der Waals surface area contributed by atoms with Gasteiger partial charge in [-0.15, -0.1) is 0 Å². The minimum absolute atomic E-state index is 0.0109. The Balaban J connectivity index is 1.22. The third-order valence-electron chi connectivity index (χ3n) is 20.6. The molecule has 3 heterocycles. The Morgan fingerprint density at radius 3 is 1.68 bits per heavy atom. The normalized spacial score (nSPS) is 19.4. The number of fused-ring (bicyclic) bond motifs is 8. The SMILES string of the molecule is CC(C)(C)c1ccc(N2c3cc(/C(=C\c4ccccc4)Cc4ccccc4)cc4c3B(c3cc5c(cc3N4c3ccc4c(c3)C(C)(C)CCC4(C)C)C(C)(C)CCC5(C)C)c3oc4c(c32)C(C)(C)CCC4(C)C)c(-c2ccccc2)c1. The van der Waals surface area contributed by atoms with Gasteiger partial charge in [0.25, 0.3) is 6.71 Å². The van der Waals surface area contributed by atoms with E-state index in [0.29, 0.717) is 0 Å². The summed E-state index contributed by atoms with van der Waals surface area (Å²) in [6.45, 7) is 36.6. The molecule has 3 aliphatic carbocycles. The summed E-state index contributed by atoms with van der Waals surface area (Å²) in [6.07, 6.45) is 9.96. The van der Waals surface area contributed by atoms with Crippen molar-refractivity contribution in [3.05, 3.63) is 207 Å². The van der Waals surface area contributed by atoms with Gasteiger partial charge in [-0.1, -0.05) is 219 Å². The summed E-state index contributed by atoms with van der Waals surface area (Å²) in [7, 11) is 0. The molecule has 5 aliphatic rings. The summed E-state index contributed by atoms with van der Waals surface area (Å²) < 4.78 is 8.03. The lowest BCUT2D eigenvalue weighted by molar-refractivity contribution is 0.282. The van der Waals surface area contributed by atoms with Crippen molar-refractivity contribution in [3.63, 3.8) is 0 Å². The van der Waals surface area contributed by atoms with E-state index < -0.39 is 0 Å². The highest BCUT2D eigenvalue weighted by Crippen LogP contribution is 2.58. The van der Waals surface area contributed by atoms with Crippen molar-refractivity contribution in [3.8, 4) is 11.1 Å². The predicted octanol–water partition coefficient (Wildman–Crippen LogP) is 19.2. The van der Waals surface area contributed by atoms with Crippen molar-refractivity contribution in [1.29, 1.82) is 0 Å². The van der Waals surface area contributed by atoms with Crippen molar-refractivity contribution < 1.29 is 4.42 Å². The number of hydrogen-bond acceptors (Lipinski definition) is 3. The van der Waals surface area contributed by atoms with Crippen LogP contribution in [0.25, 0.3) is 22.8 Å². The van der Waals surface area contributed by atoms with E-state index >= 15 is 0 Å². The summed E-state index contributed by atoms with van der Waals surface area (Å²) in [6, 6.07) is 58.8. The largest absolute Gasteiger partial charge is 0.472 e. The van der Waals surface area contributed by atoms with Gasteiger partial charge in [0, 0.05) is 39.3 Å². The Labute approximate surface area is 486 Å². The average Bonchev–Trinajstić information content (AvgIpc) is 2.03. The minimum atomic E-state index is -0.178. The van der Waals surface area contributed by atoms with Crippen molar-refractivity contribution in [1.82, 2.24) is 0 Å². The molecule has 0 spiro atoms. The zero-order valence-corrected chi connectivity index (χ0v) is 51.3. The monoisotopic (exact) mass is 1060 g/mol. The first-order valence-electron chi connectivity index (χ1n) is 30.5. The van der Waals surface area contributed by atoms with E-state index in [2.05, 4.69) is 271 Å². The van der Waals surface area contributed by atoms with Gasteiger partial charge in [0.2, 0.25) is 0 Å². The molecule has 13 rings (SSSR count). The van der Waals surface area contributed by atoms with E-state index in [1.54, 1.807) is 0 Å². The molecule has 3 nitrogen and oxygen atoms in total. The quantitative estimate of drug-likeness (QED) is 0.117. The Bertz CT molecular complexity index is 3840. The topological polar surface area (TPSA) is 19.6 Å². The number of allylic oxidation sites excluding steroid dienone is 1. The molecule has 1 aromatic heterocycles. The van der Waals surface area contributed by atoms with E-state index in [1.165, 1.54) is 118 Å². The Morgan fingerprint density at radius 1 is 0.506 bits per heavy atom. The van der Waals surface area contributed by atoms with Gasteiger partial charge in [0.05, 0.1) is 17.0 Å². The maximum Gasteiger partial charge on any atom is 0.297 e. The highest BCUT2D eigenvalue weighted by atomic mass is 16.3. The summed E-state index contributed by atoms with van der Waals surface area (Å²) >= 11 is 0. The highest BCUT2D eigenvalue weighted by molar-refractivity contribution is 6.99. The average molecular weight is 1070 g/mol. The molecule has 8 aromatic rings. The highest BCUT2D eigenvalue weighted by Gasteiger charge is 2.54. The van der Waals surface area contributed by atoms with Gasteiger partial charge < -0.3 is 14.2 Å². The van der Waals surface area contributed by atoms with Crippen LogP contribution >= 0.6 is 0 Å². The van der Waals surface area contributed by atoms with Gasteiger partial charge in [-0.2, -0.15) is 0 Å². The van der Waals surface area contributed by atoms with Crippen LogP contribution in [0.4, 0.5) is 34.1 Å². The molecule has 2 aliphatic heterocycles. The third-order valence-corrected chi connectivity index (χ3v) is 20.6. The van der Waals surface area contributed by atoms with Gasteiger partial charge in [-0.3, -0.25) is 0 Å². The Hall–Kier alpha value is -6.78. The lowest BCUT2D eigenvalue weighted by Gasteiger charge is -2.48. The first-order chi connectivity index (χ1) is 38.2. The number of furan rings is 1. The summed E-state index contributed by atoms with van der Waals surface area (Å²) in [4.78, 5) is 5.46. The van der Waals surface area contributed by atoms with Gasteiger partial charge >= 0.3 is 0 Å². The standard InChI is InChI=1S/C77H85BN2O/c1-71(2,3)54-31-34-62(56(45-54)51-29-23-18-24-30-51)80-65-44-53(52(41-49-25-19-16-20-26-49)42-50-27-21-17-22-28-50)43-64-67(65)78(70-68(80)66-69(81-70)77(14,15)40-39-76(66,12)13)61-47-59-60(75(10,11)38-37-74(59,8)9)48-63(61)79(64)55-32-33-57-58(46-55)73(6,7)36-35-72(57,4)5/h16-34,41,43-48H,35-40,42H2,1-15H3/b52-41-. The summed E-state index contributed by atoms with van der Waals surface area (Å²) in [5.74, 6) is 1.15. The molecular formula is C77H85BN2O. The molecule has 4 heteroatoms. The van der Waals surface area contributed by atoms with Gasteiger partial charge in [-0.05, 0) is 186 Å². The van der Waals surface area contributed by atoms with E-state index in [-0.39, 0.29) is 44.6 Å². The van der Waals surface area contributed by atoms with E-state index in [4.69, 9.17) is 4.42 Å². The van der Waals surface area contributed by atoms with Crippen molar-refractivity contribution in [2.24, 2.45) is 0 Å². The molecule has 0 radical (unpaired) electrons. The molecule has 0 bridgehead atoms. The van der Waals surface area contributed by atoms with Crippen LogP contribution in [0.2, 0.25) is 0 Å². The zero-order valence-electron chi connectivity index (χ0n) is 51.3. The summed E-state index contributed by atoms with van der Waals surface area (Å²) in [5, 5.41) is 0. The molecular weight excluding hydrogens is 980 g/mol. The van der Waals surface area contributed by atoms with Gasteiger partial charge in [0.1, 0.15) is 5.76 Å². The summed E-state index contributed by atoms with van der Waals surface area (Å²) in [5.41, 5.74) is 26.7. The number of hydrogen-bond donors (Lipinski definition) is 0. The fourth-order valence-corrected chi connectivity index (χ4v) is 15.1. The van der Waals surface area contributed by atoms with Crippen LogP contribution in [0.3, 0.4) is 0 Å². The van der Waals surface area contributed by atoms with E-state index in [0.717, 1.165) is 49.9 Å². The van der Waals surface area contributed by atoms with Crippen LogP contribution in [-0.2, 0) is 44.3 Å². The Kier molecular flexibility index (Phi) is 12.1. The number of rotatable bonds is 7. The molecule has 7 aromatic carbocycles. The Morgan fingerprint density at radius 2 is 1.05 bits per heavy atom. The second-order valence-electron chi connectivity index (χ2n) is 30.1. The first-order valence-corrected chi connectivity index (χ1v) is 30.5. The van der Waals surface area contributed by atoms with E-state index in [9.17, 15) is 0 Å². The van der Waals surface area contributed by atoms with Crippen LogP contribution in [-0.4, -0.2) is 6.71 Å². The maximum atomic E-state index is 8.03. The van der Waals surface area contributed by atoms with Crippen LogP contribution < -0.4 is 26.4 Å². The van der Waals surface area contributed by atoms with Gasteiger partial charge in [-0.25, -0.2) is 0 Å². The molecule has 0 saturated carbocycles. The minimum Gasteiger partial charge on any atom is -0.472 e. The smallest absolute Gasteiger partial charge is 0.297 e. The van der Waals surface area contributed by atoms with E-state index in [1.807, 2.05) is 0 Å². The molecule has 0 fully saturated rings. The lowest BCUT2D eigenvalue weighted by atomic mass is 9.35. The van der Waals surface area contributed by atoms with Gasteiger partial charge in [0.15, 0.2) is 0 Å². The maximum absolute atomic E-state index is 8.03. The van der Waals surface area contributed by atoms with Crippen LogP contribution in [0.1, 0.15) is 198 Å². The number of anilines is 6. The predicted molar refractivity (Wildman–Crippen MR) is 347 cm³/mol. The molecule has 0 atom stereocenters.